The third-order valence-corrected chi connectivity index (χ3v) is 14.9. The summed E-state index contributed by atoms with van der Waals surface area (Å²) in [5, 5.41) is 10.4. The van der Waals surface area contributed by atoms with Crippen LogP contribution in [-0.4, -0.2) is 64.9 Å². The number of aryl methyl sites for hydroxylation is 1. The van der Waals surface area contributed by atoms with Crippen molar-refractivity contribution < 1.29 is 28.4 Å². The van der Waals surface area contributed by atoms with Gasteiger partial charge in [0, 0.05) is 42.1 Å². The fraction of sp³-hybridized carbons (Fsp3) is 0.590. The second kappa shape index (κ2) is 13.6. The van der Waals surface area contributed by atoms with Gasteiger partial charge in [0.05, 0.1) is 29.2 Å². The first-order chi connectivity index (χ1) is 23.8. The molecule has 2 amide bonds. The largest absolute Gasteiger partial charge is 0.490 e. The number of nitrogens with one attached hydrogen (secondary N) is 1. The van der Waals surface area contributed by atoms with E-state index in [0.717, 1.165) is 49.4 Å². The molecule has 7 atom stereocenters. The second-order valence-electron chi connectivity index (χ2n) is 15.9. The van der Waals surface area contributed by atoms with Crippen LogP contribution in [0.5, 0.6) is 5.75 Å². The van der Waals surface area contributed by atoms with Crippen molar-refractivity contribution in [3.8, 4) is 5.75 Å². The average molecular weight is 724 g/mol. The fourth-order valence-corrected chi connectivity index (χ4v) is 11.0. The summed E-state index contributed by atoms with van der Waals surface area (Å²) in [5.74, 6) is -0.316. The van der Waals surface area contributed by atoms with Gasteiger partial charge in [-0.05, 0) is 124 Å². The monoisotopic (exact) mass is 723 g/mol. The average Bonchev–Trinajstić information content (AvgIpc) is 3.20. The Morgan fingerprint density at radius 2 is 1.98 bits per heavy atom. The van der Waals surface area contributed by atoms with Crippen molar-refractivity contribution in [1.29, 1.82) is 0 Å². The number of aliphatic hydroxyl groups is 1. The van der Waals surface area contributed by atoms with Crippen LogP contribution in [-0.2, 0) is 31.3 Å². The number of fused-ring (bicyclic) bond motifs is 4. The van der Waals surface area contributed by atoms with E-state index >= 15 is 0 Å². The minimum atomic E-state index is -3.56. The fourth-order valence-electron chi connectivity index (χ4n) is 8.90. The standard InChI is InChI=1S/C39H50ClN3O6S/c1-24-7-5-9-34(48-4)31-13-10-28(31)21-43-22-39(16-6-8-26-17-30(40)12-14-32(26)39)23-49-35-15-11-27(18-33(35)43)36(44)41-50(47,25(24)2)42-37(45)29-19-38(3,46)20-29/h5,9,11-12,14-15,17-18,24-25,28-29,31,34,46H,6-8,10,13,16,19-23H2,1-4H3,(H,41,42,44,45,47)/b9-5+. The Labute approximate surface area is 301 Å². The zero-order valence-electron chi connectivity index (χ0n) is 29.5. The molecule has 11 heteroatoms. The summed E-state index contributed by atoms with van der Waals surface area (Å²) in [4.78, 5) is 29.8. The van der Waals surface area contributed by atoms with Crippen LogP contribution in [0.2, 0.25) is 5.02 Å². The predicted molar refractivity (Wildman–Crippen MR) is 196 cm³/mol. The number of halogens is 1. The molecular weight excluding hydrogens is 674 g/mol. The van der Waals surface area contributed by atoms with Crippen molar-refractivity contribution in [2.45, 2.75) is 94.5 Å². The summed E-state index contributed by atoms with van der Waals surface area (Å²) >= 11 is 6.45. The number of carbonyl (C=O) groups is 2. The molecule has 2 saturated carbocycles. The highest BCUT2D eigenvalue weighted by atomic mass is 35.5. The maximum Gasteiger partial charge on any atom is 0.286 e. The Balaban J connectivity index is 1.30. The molecule has 1 spiro atoms. The van der Waals surface area contributed by atoms with Crippen LogP contribution in [0.25, 0.3) is 0 Å². The minimum absolute atomic E-state index is 0.0635. The lowest BCUT2D eigenvalue weighted by atomic mass is 9.68. The van der Waals surface area contributed by atoms with Crippen molar-refractivity contribution in [3.05, 3.63) is 70.3 Å². The Morgan fingerprint density at radius 3 is 2.70 bits per heavy atom. The SMILES string of the molecule is COC1/C=C/CC(C)C(C)S(=O)(NC(=O)C2CC(C)(O)C2)=NC(=O)c2ccc3c(c2)N(CC2CCC21)CC1(CCCc2cc(Cl)ccc21)CO3. The van der Waals surface area contributed by atoms with Crippen LogP contribution < -0.4 is 14.4 Å². The molecule has 2 N–H and O–H groups in total. The van der Waals surface area contributed by atoms with Gasteiger partial charge >= 0.3 is 0 Å². The zero-order chi connectivity index (χ0) is 35.4. The van der Waals surface area contributed by atoms with Crippen LogP contribution in [0.1, 0.15) is 87.2 Å². The van der Waals surface area contributed by atoms with E-state index < -0.39 is 38.5 Å². The molecule has 0 aromatic heterocycles. The Morgan fingerprint density at radius 1 is 1.18 bits per heavy atom. The van der Waals surface area contributed by atoms with Crippen LogP contribution in [0, 0.1) is 23.7 Å². The molecule has 0 saturated heterocycles. The van der Waals surface area contributed by atoms with Crippen LogP contribution in [0.15, 0.2) is 52.9 Å². The number of hydrogen-bond acceptors (Lipinski definition) is 7. The van der Waals surface area contributed by atoms with Crippen molar-refractivity contribution in [2.24, 2.45) is 28.0 Å². The Bertz CT molecular complexity index is 1810. The number of nitrogens with zero attached hydrogens (tertiary/aromatic N) is 2. The lowest BCUT2D eigenvalue weighted by molar-refractivity contribution is -0.137. The molecule has 5 aliphatic rings. The first-order valence-electron chi connectivity index (χ1n) is 18.1. The van der Waals surface area contributed by atoms with Crippen molar-refractivity contribution in [2.75, 3.05) is 31.7 Å². The van der Waals surface area contributed by atoms with Gasteiger partial charge in [0.15, 0.2) is 0 Å². The van der Waals surface area contributed by atoms with Crippen LogP contribution in [0.3, 0.4) is 0 Å². The molecule has 2 bridgehead atoms. The summed E-state index contributed by atoms with van der Waals surface area (Å²) in [6.45, 7) is 7.43. The topological polar surface area (TPSA) is 118 Å². The van der Waals surface area contributed by atoms with E-state index in [9.17, 15) is 18.9 Å². The number of carbonyl (C=O) groups excluding carboxylic acids is 2. The highest BCUT2D eigenvalue weighted by Gasteiger charge is 2.46. The van der Waals surface area contributed by atoms with Gasteiger partial charge in [-0.25, -0.2) is 4.21 Å². The van der Waals surface area contributed by atoms with Crippen molar-refractivity contribution >= 4 is 39.0 Å². The molecule has 50 heavy (non-hydrogen) atoms. The molecule has 2 heterocycles. The van der Waals surface area contributed by atoms with E-state index in [0.29, 0.717) is 42.7 Å². The van der Waals surface area contributed by atoms with E-state index in [-0.39, 0.29) is 30.3 Å². The summed E-state index contributed by atoms with van der Waals surface area (Å²) in [6, 6.07) is 11.6. The number of anilines is 1. The van der Waals surface area contributed by atoms with E-state index in [2.05, 4.69) is 38.3 Å². The molecule has 3 aliphatic carbocycles. The molecule has 2 aromatic carbocycles. The van der Waals surface area contributed by atoms with Crippen molar-refractivity contribution in [3.63, 3.8) is 0 Å². The summed E-state index contributed by atoms with van der Waals surface area (Å²) in [6.07, 6.45) is 10.4. The maximum absolute atomic E-state index is 14.7. The molecule has 0 radical (unpaired) electrons. The zero-order valence-corrected chi connectivity index (χ0v) is 31.1. The highest BCUT2D eigenvalue weighted by Crippen LogP contribution is 2.47. The van der Waals surface area contributed by atoms with Gasteiger partial charge < -0.3 is 19.5 Å². The van der Waals surface area contributed by atoms with Gasteiger partial charge in [-0.15, -0.1) is 4.36 Å². The number of benzene rings is 2. The summed E-state index contributed by atoms with van der Waals surface area (Å²) in [7, 11) is -1.79. The van der Waals surface area contributed by atoms with Gasteiger partial charge in [-0.2, -0.15) is 0 Å². The van der Waals surface area contributed by atoms with Crippen LogP contribution in [0.4, 0.5) is 5.69 Å². The van der Waals surface area contributed by atoms with E-state index in [1.807, 2.05) is 25.1 Å². The number of methoxy groups -OCH3 is 1. The summed E-state index contributed by atoms with van der Waals surface area (Å²) in [5.41, 5.74) is 2.46. The number of hydrogen-bond donors (Lipinski definition) is 2. The Hall–Kier alpha value is -2.92. The number of allylic oxidation sites excluding steroid dienone is 1. The smallest absolute Gasteiger partial charge is 0.286 e. The quantitative estimate of drug-likeness (QED) is 0.341. The molecule has 7 unspecified atom stereocenters. The summed E-state index contributed by atoms with van der Waals surface area (Å²) < 4.78 is 34.5. The van der Waals surface area contributed by atoms with Gasteiger partial charge in [0.2, 0.25) is 5.91 Å². The molecular formula is C39H50ClN3O6S. The Kier molecular flexibility index (Phi) is 9.63. The first-order valence-corrected chi connectivity index (χ1v) is 20.1. The third-order valence-electron chi connectivity index (χ3n) is 12.3. The lowest BCUT2D eigenvalue weighted by Crippen LogP contribution is -2.51. The normalized spacial score (nSPS) is 37.5. The number of rotatable bonds is 3. The van der Waals surface area contributed by atoms with E-state index in [4.69, 9.17) is 21.1 Å². The molecule has 7 rings (SSSR count). The van der Waals surface area contributed by atoms with Gasteiger partial charge in [-0.1, -0.05) is 36.7 Å². The third kappa shape index (κ3) is 6.73. The maximum atomic E-state index is 14.7. The number of ether oxygens (including phenoxy) is 2. The lowest BCUT2D eigenvalue weighted by Gasteiger charge is -2.46. The molecule has 2 aromatic rings. The first kappa shape index (κ1) is 35.5. The van der Waals surface area contributed by atoms with Gasteiger partial charge in [0.25, 0.3) is 5.91 Å². The minimum Gasteiger partial charge on any atom is -0.490 e. The van der Waals surface area contributed by atoms with Gasteiger partial charge in [-0.3, -0.25) is 14.3 Å². The highest BCUT2D eigenvalue weighted by molar-refractivity contribution is 7.93. The van der Waals surface area contributed by atoms with Crippen molar-refractivity contribution in [1.82, 2.24) is 4.72 Å². The van der Waals surface area contributed by atoms with Crippen LogP contribution >= 0.6 is 11.6 Å². The molecule has 2 fully saturated rings. The number of amides is 2. The molecule has 2 aliphatic heterocycles. The van der Waals surface area contributed by atoms with E-state index in [1.165, 1.54) is 11.1 Å². The molecule has 9 nitrogen and oxygen atoms in total. The second-order valence-corrected chi connectivity index (χ2v) is 18.6. The predicted octanol–water partition coefficient (Wildman–Crippen LogP) is 6.64. The van der Waals surface area contributed by atoms with E-state index in [1.54, 1.807) is 27.0 Å². The van der Waals surface area contributed by atoms with Gasteiger partial charge in [0.1, 0.15) is 15.7 Å². The molecule has 270 valence electrons.